The first kappa shape index (κ1) is 20.4. The molecular formula is C21H19Cl2NO4. The molecule has 1 heterocycles. The number of ketones is 1. The van der Waals surface area contributed by atoms with Gasteiger partial charge in [0.1, 0.15) is 5.75 Å². The Balaban J connectivity index is 2.02. The van der Waals surface area contributed by atoms with Gasteiger partial charge in [0.05, 0.1) is 24.2 Å². The maximum absolute atomic E-state index is 13.1. The summed E-state index contributed by atoms with van der Waals surface area (Å²) in [6.45, 7) is 1.98. The molecule has 0 aliphatic carbocycles. The number of benzene rings is 2. The third-order valence-electron chi connectivity index (χ3n) is 4.64. The minimum Gasteiger partial charge on any atom is -0.497 e. The van der Waals surface area contributed by atoms with Gasteiger partial charge in [-0.25, -0.2) is 0 Å². The van der Waals surface area contributed by atoms with Crippen molar-refractivity contribution in [2.24, 2.45) is 0 Å². The first-order chi connectivity index (χ1) is 13.3. The number of Topliss-reactive ketones (excluding diaryl/α,β-unsaturated/α-hetero) is 1. The summed E-state index contributed by atoms with van der Waals surface area (Å²) in [5.41, 5.74) is -0.724. The molecule has 1 amide bonds. The number of ether oxygens (including phenoxy) is 1. The Morgan fingerprint density at radius 1 is 1.25 bits per heavy atom. The molecule has 146 valence electrons. The van der Waals surface area contributed by atoms with E-state index in [1.165, 1.54) is 12.1 Å². The SMILES string of the molecule is CC/C=C\c1cc(OC)ccc1C(=O)CC1(O)C(=O)Nc2c(Cl)ccc(Cl)c21. The van der Waals surface area contributed by atoms with E-state index in [1.807, 2.05) is 19.1 Å². The van der Waals surface area contributed by atoms with Crippen molar-refractivity contribution in [3.63, 3.8) is 0 Å². The average Bonchev–Trinajstić information content (AvgIpc) is 2.94. The number of fused-ring (bicyclic) bond motifs is 1. The van der Waals surface area contributed by atoms with E-state index in [2.05, 4.69) is 5.32 Å². The number of hydrogen-bond acceptors (Lipinski definition) is 4. The smallest absolute Gasteiger partial charge is 0.261 e. The van der Waals surface area contributed by atoms with Gasteiger partial charge in [0.2, 0.25) is 0 Å². The van der Waals surface area contributed by atoms with Gasteiger partial charge in [0.25, 0.3) is 5.91 Å². The fraction of sp³-hybridized carbons (Fsp3) is 0.238. The molecule has 0 fully saturated rings. The van der Waals surface area contributed by atoms with Gasteiger partial charge in [-0.3, -0.25) is 9.59 Å². The summed E-state index contributed by atoms with van der Waals surface area (Å²) in [5, 5.41) is 14.0. The lowest BCUT2D eigenvalue weighted by Crippen LogP contribution is -2.36. The predicted octanol–water partition coefficient (Wildman–Crippen LogP) is 4.84. The zero-order chi connectivity index (χ0) is 20.5. The first-order valence-corrected chi connectivity index (χ1v) is 9.47. The van der Waals surface area contributed by atoms with E-state index in [1.54, 1.807) is 25.3 Å². The summed E-state index contributed by atoms with van der Waals surface area (Å²) in [7, 11) is 1.54. The molecule has 2 aromatic rings. The summed E-state index contributed by atoms with van der Waals surface area (Å²) in [6.07, 6.45) is 4.05. The molecule has 1 aliphatic rings. The largest absolute Gasteiger partial charge is 0.497 e. The summed E-state index contributed by atoms with van der Waals surface area (Å²) in [5.74, 6) is -0.533. The van der Waals surface area contributed by atoms with E-state index in [-0.39, 0.29) is 21.3 Å². The molecule has 1 atom stereocenters. The van der Waals surface area contributed by atoms with Crippen LogP contribution in [0.4, 0.5) is 5.69 Å². The number of halogens is 2. The van der Waals surface area contributed by atoms with Crippen molar-refractivity contribution in [3.8, 4) is 5.75 Å². The van der Waals surface area contributed by atoms with Crippen molar-refractivity contribution < 1.29 is 19.4 Å². The van der Waals surface area contributed by atoms with Gasteiger partial charge >= 0.3 is 0 Å². The maximum atomic E-state index is 13.1. The lowest BCUT2D eigenvalue weighted by molar-refractivity contribution is -0.133. The second-order valence-electron chi connectivity index (χ2n) is 6.46. The fourth-order valence-electron chi connectivity index (χ4n) is 3.21. The normalized spacial score (nSPS) is 18.2. The molecule has 0 aromatic heterocycles. The van der Waals surface area contributed by atoms with Gasteiger partial charge in [-0.1, -0.05) is 42.3 Å². The summed E-state index contributed by atoms with van der Waals surface area (Å²) >= 11 is 12.3. The van der Waals surface area contributed by atoms with Gasteiger partial charge in [0, 0.05) is 16.1 Å². The van der Waals surface area contributed by atoms with Crippen LogP contribution in [0.25, 0.3) is 6.08 Å². The van der Waals surface area contributed by atoms with Crippen molar-refractivity contribution in [1.29, 1.82) is 0 Å². The number of rotatable bonds is 6. The highest BCUT2D eigenvalue weighted by Crippen LogP contribution is 2.46. The van der Waals surface area contributed by atoms with Crippen LogP contribution in [0.3, 0.4) is 0 Å². The second kappa shape index (κ2) is 7.95. The molecule has 0 spiro atoms. The van der Waals surface area contributed by atoms with Crippen LogP contribution in [0.1, 0.15) is 41.3 Å². The van der Waals surface area contributed by atoms with Crippen LogP contribution >= 0.6 is 23.2 Å². The van der Waals surface area contributed by atoms with Crippen molar-refractivity contribution in [2.45, 2.75) is 25.4 Å². The molecule has 1 unspecified atom stereocenters. The lowest BCUT2D eigenvalue weighted by atomic mass is 9.87. The van der Waals surface area contributed by atoms with E-state index < -0.39 is 23.7 Å². The van der Waals surface area contributed by atoms with Crippen molar-refractivity contribution in [3.05, 3.63) is 63.1 Å². The molecule has 2 aromatic carbocycles. The Morgan fingerprint density at radius 3 is 2.64 bits per heavy atom. The molecular weight excluding hydrogens is 401 g/mol. The highest BCUT2D eigenvalue weighted by molar-refractivity contribution is 6.38. The van der Waals surface area contributed by atoms with E-state index in [9.17, 15) is 14.7 Å². The third-order valence-corrected chi connectivity index (χ3v) is 5.27. The Hall–Kier alpha value is -2.34. The van der Waals surface area contributed by atoms with Gasteiger partial charge in [0.15, 0.2) is 11.4 Å². The topological polar surface area (TPSA) is 75.6 Å². The lowest BCUT2D eigenvalue weighted by Gasteiger charge is -2.21. The van der Waals surface area contributed by atoms with Crippen molar-refractivity contribution in [1.82, 2.24) is 0 Å². The summed E-state index contributed by atoms with van der Waals surface area (Å²) < 4.78 is 5.22. The first-order valence-electron chi connectivity index (χ1n) is 8.72. The number of allylic oxidation sites excluding steroid dienone is 1. The molecule has 0 bridgehead atoms. The summed E-state index contributed by atoms with van der Waals surface area (Å²) in [4.78, 5) is 25.6. The number of carbonyl (C=O) groups is 2. The Labute approximate surface area is 172 Å². The fourth-order valence-corrected chi connectivity index (χ4v) is 3.73. The molecule has 7 heteroatoms. The Kier molecular flexibility index (Phi) is 5.79. The number of carbonyl (C=O) groups excluding carboxylic acids is 2. The van der Waals surface area contributed by atoms with Crippen LogP contribution in [-0.2, 0) is 10.4 Å². The number of hydrogen-bond donors (Lipinski definition) is 2. The monoisotopic (exact) mass is 419 g/mol. The molecule has 0 saturated heterocycles. The second-order valence-corrected chi connectivity index (χ2v) is 7.27. The van der Waals surface area contributed by atoms with Crippen LogP contribution in [0.15, 0.2) is 36.4 Å². The van der Waals surface area contributed by atoms with Crippen LogP contribution in [0.2, 0.25) is 10.0 Å². The molecule has 5 nitrogen and oxygen atoms in total. The van der Waals surface area contributed by atoms with E-state index in [4.69, 9.17) is 27.9 Å². The van der Waals surface area contributed by atoms with E-state index in [0.717, 1.165) is 6.42 Å². The number of methoxy groups -OCH3 is 1. The average molecular weight is 420 g/mol. The van der Waals surface area contributed by atoms with Crippen LogP contribution in [0.5, 0.6) is 5.75 Å². The number of aliphatic hydroxyl groups is 1. The molecule has 0 saturated carbocycles. The number of anilines is 1. The van der Waals surface area contributed by atoms with E-state index in [0.29, 0.717) is 16.9 Å². The highest BCUT2D eigenvalue weighted by atomic mass is 35.5. The minimum absolute atomic E-state index is 0.124. The zero-order valence-corrected chi connectivity index (χ0v) is 16.9. The highest BCUT2D eigenvalue weighted by Gasteiger charge is 2.49. The van der Waals surface area contributed by atoms with E-state index >= 15 is 0 Å². The Bertz CT molecular complexity index is 987. The molecule has 1 aliphatic heterocycles. The predicted molar refractivity (Wildman–Crippen MR) is 110 cm³/mol. The van der Waals surface area contributed by atoms with Crippen LogP contribution in [0, 0.1) is 0 Å². The minimum atomic E-state index is -2.10. The zero-order valence-electron chi connectivity index (χ0n) is 15.4. The standard InChI is InChI=1S/C21H19Cl2NO4/c1-3-4-5-12-10-13(28-2)6-7-14(12)17(25)11-21(27)18-15(22)8-9-16(23)19(18)24-20(21)26/h4-10,27H,3,11H2,1-2H3,(H,24,26)/b5-4-. The van der Waals surface area contributed by atoms with Crippen LogP contribution in [-0.4, -0.2) is 23.9 Å². The molecule has 3 rings (SSSR count). The number of nitrogens with one attached hydrogen (secondary N) is 1. The van der Waals surface area contributed by atoms with Gasteiger partial charge in [-0.15, -0.1) is 0 Å². The van der Waals surface area contributed by atoms with Crippen molar-refractivity contribution in [2.75, 3.05) is 12.4 Å². The van der Waals surface area contributed by atoms with Gasteiger partial charge < -0.3 is 15.2 Å². The van der Waals surface area contributed by atoms with Gasteiger partial charge in [-0.2, -0.15) is 0 Å². The third kappa shape index (κ3) is 3.53. The van der Waals surface area contributed by atoms with Crippen LogP contribution < -0.4 is 10.1 Å². The summed E-state index contributed by atoms with van der Waals surface area (Å²) in [6, 6.07) is 8.02. The molecule has 2 N–H and O–H groups in total. The van der Waals surface area contributed by atoms with Gasteiger partial charge in [-0.05, 0) is 42.3 Å². The Morgan fingerprint density at radius 2 is 1.96 bits per heavy atom. The molecule has 0 radical (unpaired) electrons. The molecule has 28 heavy (non-hydrogen) atoms. The number of amides is 1. The quantitative estimate of drug-likeness (QED) is 0.656. The van der Waals surface area contributed by atoms with Crippen molar-refractivity contribution >= 4 is 46.7 Å². The maximum Gasteiger partial charge on any atom is 0.261 e.